The van der Waals surface area contributed by atoms with Crippen molar-refractivity contribution in [1.82, 2.24) is 4.90 Å². The summed E-state index contributed by atoms with van der Waals surface area (Å²) in [6, 6.07) is 4.17. The van der Waals surface area contributed by atoms with Crippen LogP contribution in [0.3, 0.4) is 0 Å². The van der Waals surface area contributed by atoms with E-state index in [-0.39, 0.29) is 28.6 Å². The molecule has 1 aromatic carbocycles. The molecule has 0 unspecified atom stereocenters. The molecule has 1 aromatic rings. The first-order valence-corrected chi connectivity index (χ1v) is 11.2. The van der Waals surface area contributed by atoms with Gasteiger partial charge >= 0.3 is 0 Å². The quantitative estimate of drug-likeness (QED) is 0.752. The largest absolute Gasteiger partial charge is 0.504 e. The van der Waals surface area contributed by atoms with Crippen LogP contribution in [0, 0.1) is 23.7 Å². The third-order valence-corrected chi connectivity index (χ3v) is 9.62. The summed E-state index contributed by atoms with van der Waals surface area (Å²) in [7, 11) is 1.77. The first-order valence-electron chi connectivity index (χ1n) is 11.2. The summed E-state index contributed by atoms with van der Waals surface area (Å²) < 4.78 is 13.1. The lowest BCUT2D eigenvalue weighted by molar-refractivity contribution is -0.299. The van der Waals surface area contributed by atoms with Crippen molar-refractivity contribution < 1.29 is 19.7 Å². The topological polar surface area (TPSA) is 62.2 Å². The summed E-state index contributed by atoms with van der Waals surface area (Å²) in [4.78, 5) is 2.49. The first-order chi connectivity index (χ1) is 14.2. The number of fused-ring (bicyclic) bond motifs is 2. The fourth-order valence-electron chi connectivity index (χ4n) is 8.69. The molecule has 0 aromatic heterocycles. The van der Waals surface area contributed by atoms with Gasteiger partial charge in [-0.1, -0.05) is 12.0 Å². The Kier molecular flexibility index (Phi) is 3.50. The Hall–Kier alpha value is -1.74. The summed E-state index contributed by atoms with van der Waals surface area (Å²) >= 11 is 0. The number of phenols is 1. The molecular formula is C25H31NO4. The van der Waals surface area contributed by atoms with Gasteiger partial charge in [0.15, 0.2) is 11.5 Å². The molecule has 2 heterocycles. The number of ether oxygens (including phenoxy) is 2. The molecule has 2 N–H and O–H groups in total. The van der Waals surface area contributed by atoms with Crippen molar-refractivity contribution in [2.24, 2.45) is 11.3 Å². The van der Waals surface area contributed by atoms with Crippen LogP contribution in [-0.4, -0.2) is 58.7 Å². The van der Waals surface area contributed by atoms with Crippen LogP contribution in [0.5, 0.6) is 11.5 Å². The monoisotopic (exact) mass is 409 g/mol. The molecule has 4 bridgehead atoms. The zero-order valence-corrected chi connectivity index (χ0v) is 18.1. The molecule has 30 heavy (non-hydrogen) atoms. The van der Waals surface area contributed by atoms with Gasteiger partial charge in [0.1, 0.15) is 11.7 Å². The number of hydrogen-bond donors (Lipinski definition) is 2. The van der Waals surface area contributed by atoms with E-state index < -0.39 is 11.2 Å². The minimum absolute atomic E-state index is 0.0379. The minimum Gasteiger partial charge on any atom is -0.504 e. The van der Waals surface area contributed by atoms with Crippen molar-refractivity contribution in [2.45, 2.75) is 74.7 Å². The molecule has 5 heteroatoms. The van der Waals surface area contributed by atoms with Gasteiger partial charge in [0.2, 0.25) is 0 Å². The molecule has 0 amide bonds. The minimum atomic E-state index is -0.892. The number of methoxy groups -OCH3 is 1. The summed E-state index contributed by atoms with van der Waals surface area (Å²) in [5, 5.41) is 22.0. The van der Waals surface area contributed by atoms with Gasteiger partial charge in [0, 0.05) is 42.0 Å². The highest BCUT2D eigenvalue weighted by Crippen LogP contribution is 2.77. The Morgan fingerprint density at radius 1 is 1.33 bits per heavy atom. The number of piperidine rings is 1. The third kappa shape index (κ3) is 1.81. The Morgan fingerprint density at radius 2 is 2.13 bits per heavy atom. The summed E-state index contributed by atoms with van der Waals surface area (Å²) in [5.74, 6) is 3.72. The lowest BCUT2D eigenvalue weighted by Gasteiger charge is -2.74. The van der Waals surface area contributed by atoms with Crippen LogP contribution in [0.15, 0.2) is 12.1 Å². The van der Waals surface area contributed by atoms with Gasteiger partial charge in [-0.3, -0.25) is 4.90 Å². The van der Waals surface area contributed by atoms with Crippen LogP contribution in [0.2, 0.25) is 0 Å². The van der Waals surface area contributed by atoms with E-state index in [0.29, 0.717) is 18.3 Å². The predicted octanol–water partition coefficient (Wildman–Crippen LogP) is 2.61. The lowest BCUT2D eigenvalue weighted by Crippen LogP contribution is -2.82. The second-order valence-corrected chi connectivity index (χ2v) is 10.8. The number of aliphatic hydroxyl groups is 1. The molecule has 6 atom stereocenters. The van der Waals surface area contributed by atoms with Crippen molar-refractivity contribution in [1.29, 1.82) is 0 Å². The van der Waals surface area contributed by atoms with Gasteiger partial charge < -0.3 is 19.7 Å². The Morgan fingerprint density at radius 3 is 2.83 bits per heavy atom. The smallest absolute Gasteiger partial charge is 0.165 e. The molecule has 6 aliphatic rings. The Labute approximate surface area is 178 Å². The normalized spacial score (nSPS) is 43.1. The van der Waals surface area contributed by atoms with E-state index in [1.165, 1.54) is 11.1 Å². The van der Waals surface area contributed by atoms with Crippen LogP contribution in [0.1, 0.15) is 50.7 Å². The van der Waals surface area contributed by atoms with Crippen LogP contribution in [-0.2, 0) is 16.6 Å². The fraction of sp³-hybridized carbons (Fsp3) is 0.680. The van der Waals surface area contributed by atoms with Gasteiger partial charge in [-0.15, -0.1) is 6.42 Å². The van der Waals surface area contributed by atoms with Crippen molar-refractivity contribution in [3.8, 4) is 23.8 Å². The van der Waals surface area contributed by atoms with E-state index in [0.717, 1.165) is 38.6 Å². The van der Waals surface area contributed by atoms with Crippen LogP contribution in [0.25, 0.3) is 0 Å². The average Bonchev–Trinajstić information content (AvgIpc) is 3.08. The Bertz CT molecular complexity index is 977. The number of aromatic hydroxyl groups is 1. The molecular weight excluding hydrogens is 378 g/mol. The highest BCUT2D eigenvalue weighted by atomic mass is 16.6. The predicted molar refractivity (Wildman–Crippen MR) is 113 cm³/mol. The van der Waals surface area contributed by atoms with Gasteiger partial charge in [0.05, 0.1) is 12.1 Å². The lowest BCUT2D eigenvalue weighted by atomic mass is 9.34. The number of hydrogen-bond acceptors (Lipinski definition) is 5. The number of likely N-dealkylation sites (tertiary alicyclic amines) is 1. The molecule has 160 valence electrons. The van der Waals surface area contributed by atoms with Gasteiger partial charge in [-0.25, -0.2) is 0 Å². The van der Waals surface area contributed by atoms with Crippen LogP contribution >= 0.6 is 0 Å². The molecule has 4 fully saturated rings. The van der Waals surface area contributed by atoms with E-state index in [9.17, 15) is 10.2 Å². The molecule has 3 saturated carbocycles. The van der Waals surface area contributed by atoms with E-state index in [1.54, 1.807) is 13.2 Å². The van der Waals surface area contributed by atoms with Crippen LogP contribution in [0.4, 0.5) is 0 Å². The maximum Gasteiger partial charge on any atom is 0.165 e. The highest BCUT2D eigenvalue weighted by Gasteiger charge is 2.81. The van der Waals surface area contributed by atoms with Crippen molar-refractivity contribution in [2.75, 3.05) is 20.2 Å². The SMILES string of the molecule is C#CCN1CC[C@]23c4c5ccc(O)c4O[C@H]2[C@@]2(OC)CC[C@@]3(C[C@H]2C(C)(C)O)[C@H]1C5. The molecule has 7 rings (SSSR count). The van der Waals surface area contributed by atoms with Crippen molar-refractivity contribution >= 4 is 0 Å². The van der Waals surface area contributed by atoms with E-state index in [4.69, 9.17) is 15.9 Å². The second kappa shape index (κ2) is 5.54. The molecule has 0 radical (unpaired) electrons. The molecule has 4 aliphatic carbocycles. The zero-order valence-electron chi connectivity index (χ0n) is 18.1. The fourth-order valence-corrected chi connectivity index (χ4v) is 8.69. The number of benzene rings is 1. The highest BCUT2D eigenvalue weighted by molar-refractivity contribution is 5.63. The number of phenolic OH excluding ortho intramolecular Hbond substituents is 1. The molecule has 1 saturated heterocycles. The van der Waals surface area contributed by atoms with E-state index >= 15 is 0 Å². The second-order valence-electron chi connectivity index (χ2n) is 10.8. The van der Waals surface area contributed by atoms with Crippen molar-refractivity contribution in [3.05, 3.63) is 23.3 Å². The number of rotatable bonds is 3. The van der Waals surface area contributed by atoms with E-state index in [2.05, 4.69) is 16.9 Å². The zero-order chi connectivity index (χ0) is 21.1. The average molecular weight is 410 g/mol. The van der Waals surface area contributed by atoms with Gasteiger partial charge in [-0.2, -0.15) is 0 Å². The maximum atomic E-state index is 11.3. The summed E-state index contributed by atoms with van der Waals surface area (Å²) in [5.41, 5.74) is 0.806. The number of nitrogens with zero attached hydrogens (tertiary/aromatic N) is 1. The summed E-state index contributed by atoms with van der Waals surface area (Å²) in [6.45, 7) is 5.39. The Balaban J connectivity index is 1.66. The first kappa shape index (κ1) is 19.0. The molecule has 2 spiro atoms. The third-order valence-electron chi connectivity index (χ3n) is 9.62. The van der Waals surface area contributed by atoms with Crippen LogP contribution < -0.4 is 4.74 Å². The standard InChI is InChI=1S/C25H31NO4/c1-5-11-26-12-10-24-19-15-6-7-16(27)20(19)30-21(24)25(29-4)9-8-23(24,18(26)13-15)14-17(25)22(2,3)28/h1,6-7,17-18,21,27-28H,8-14H2,2-4H3/t17-,18+,21+,23+,24-,25+/m0/s1. The summed E-state index contributed by atoms with van der Waals surface area (Å²) in [6.07, 6.45) is 10.2. The molecule has 2 aliphatic heterocycles. The van der Waals surface area contributed by atoms with Crippen molar-refractivity contribution in [3.63, 3.8) is 0 Å². The van der Waals surface area contributed by atoms with Gasteiger partial charge in [0.25, 0.3) is 0 Å². The number of terminal acetylenes is 1. The molecule has 5 nitrogen and oxygen atoms in total. The van der Waals surface area contributed by atoms with Gasteiger partial charge in [-0.05, 0) is 57.6 Å². The maximum absolute atomic E-state index is 11.3. The van der Waals surface area contributed by atoms with E-state index in [1.807, 2.05) is 13.8 Å².